The lowest BCUT2D eigenvalue weighted by Gasteiger charge is -2.20. The molecule has 0 fully saturated rings. The molecule has 2 N–H and O–H groups in total. The molecule has 3 heteroatoms. The molecule has 0 aliphatic rings. The molecule has 0 saturated heterocycles. The zero-order valence-electron chi connectivity index (χ0n) is 11.4. The summed E-state index contributed by atoms with van der Waals surface area (Å²) < 4.78 is 14.0. The molecule has 19 heavy (non-hydrogen) atoms. The van der Waals surface area contributed by atoms with Crippen LogP contribution in [0.25, 0.3) is 0 Å². The number of halogens is 1. The van der Waals surface area contributed by atoms with E-state index in [1.807, 2.05) is 24.1 Å². The molecule has 0 atom stereocenters. The molecule has 2 nitrogen and oxygen atoms in total. The van der Waals surface area contributed by atoms with Crippen molar-refractivity contribution < 1.29 is 4.39 Å². The molecule has 0 saturated carbocycles. The molecule has 0 heterocycles. The predicted molar refractivity (Wildman–Crippen MR) is 77.6 cm³/mol. The van der Waals surface area contributed by atoms with Crippen molar-refractivity contribution in [3.8, 4) is 0 Å². The maximum Gasteiger partial charge on any atom is 0.146 e. The van der Waals surface area contributed by atoms with Gasteiger partial charge in [0.1, 0.15) is 5.82 Å². The van der Waals surface area contributed by atoms with Gasteiger partial charge in [-0.2, -0.15) is 0 Å². The monoisotopic (exact) mass is 258 g/mol. The number of nitrogens with zero attached hydrogens (tertiary/aromatic N) is 1. The molecule has 2 aromatic rings. The number of aryl methyl sites for hydroxylation is 1. The van der Waals surface area contributed by atoms with E-state index < -0.39 is 0 Å². The Morgan fingerprint density at radius 2 is 1.89 bits per heavy atom. The number of hydrogen-bond acceptors (Lipinski definition) is 2. The first-order valence-corrected chi connectivity index (χ1v) is 6.35. The minimum atomic E-state index is -0.224. The van der Waals surface area contributed by atoms with Gasteiger partial charge in [0.2, 0.25) is 0 Å². The van der Waals surface area contributed by atoms with Crippen LogP contribution in [0.3, 0.4) is 0 Å². The third-order valence-corrected chi connectivity index (χ3v) is 3.16. The first kappa shape index (κ1) is 13.6. The standard InChI is InChI=1S/C16H19FN2/c1-12-4-3-5-14(8-12)11-19(2)16-7-6-13(10-18)9-15(16)17/h3-9H,10-11,18H2,1-2H3. The van der Waals surface area contributed by atoms with Gasteiger partial charge in [-0.25, -0.2) is 4.39 Å². The summed E-state index contributed by atoms with van der Waals surface area (Å²) in [6, 6.07) is 13.4. The molecule has 0 radical (unpaired) electrons. The van der Waals surface area contributed by atoms with Crippen molar-refractivity contribution in [1.29, 1.82) is 0 Å². The Morgan fingerprint density at radius 1 is 1.11 bits per heavy atom. The SMILES string of the molecule is Cc1cccc(CN(C)c2ccc(CN)cc2F)c1. The van der Waals surface area contributed by atoms with Crippen LogP contribution in [0.5, 0.6) is 0 Å². The second-order valence-electron chi connectivity index (χ2n) is 4.84. The van der Waals surface area contributed by atoms with Crippen LogP contribution < -0.4 is 10.6 Å². The molecule has 2 rings (SSSR count). The fraction of sp³-hybridized carbons (Fsp3) is 0.250. The van der Waals surface area contributed by atoms with Gasteiger partial charge in [0.05, 0.1) is 5.69 Å². The Kier molecular flexibility index (Phi) is 4.17. The highest BCUT2D eigenvalue weighted by molar-refractivity contribution is 5.49. The van der Waals surface area contributed by atoms with Crippen molar-refractivity contribution in [2.45, 2.75) is 20.0 Å². The van der Waals surface area contributed by atoms with Crippen LogP contribution >= 0.6 is 0 Å². The minimum absolute atomic E-state index is 0.224. The Labute approximate surface area is 113 Å². The van der Waals surface area contributed by atoms with Crippen molar-refractivity contribution in [2.75, 3.05) is 11.9 Å². The molecule has 0 unspecified atom stereocenters. The van der Waals surface area contributed by atoms with E-state index in [9.17, 15) is 4.39 Å². The van der Waals surface area contributed by atoms with E-state index in [1.165, 1.54) is 17.2 Å². The van der Waals surface area contributed by atoms with Crippen LogP contribution in [-0.4, -0.2) is 7.05 Å². The van der Waals surface area contributed by atoms with E-state index in [0.29, 0.717) is 18.8 Å². The zero-order chi connectivity index (χ0) is 13.8. The van der Waals surface area contributed by atoms with Crippen LogP contribution in [0.1, 0.15) is 16.7 Å². The van der Waals surface area contributed by atoms with Crippen molar-refractivity contribution in [1.82, 2.24) is 0 Å². The summed E-state index contributed by atoms with van der Waals surface area (Å²) in [6.45, 7) is 3.10. The summed E-state index contributed by atoms with van der Waals surface area (Å²) in [5.74, 6) is -0.224. The van der Waals surface area contributed by atoms with E-state index >= 15 is 0 Å². The molecule has 0 amide bonds. The average Bonchev–Trinajstić information content (AvgIpc) is 2.38. The maximum absolute atomic E-state index is 14.0. The normalized spacial score (nSPS) is 10.5. The summed E-state index contributed by atoms with van der Waals surface area (Å²) in [4.78, 5) is 1.91. The molecule has 2 aromatic carbocycles. The number of rotatable bonds is 4. The van der Waals surface area contributed by atoms with Gasteiger partial charge in [0.15, 0.2) is 0 Å². The fourth-order valence-electron chi connectivity index (χ4n) is 2.16. The van der Waals surface area contributed by atoms with E-state index in [0.717, 1.165) is 5.56 Å². The Morgan fingerprint density at radius 3 is 2.53 bits per heavy atom. The van der Waals surface area contributed by atoms with Gasteiger partial charge in [-0.05, 0) is 30.2 Å². The Hall–Kier alpha value is -1.87. The number of benzene rings is 2. The van der Waals surface area contributed by atoms with Gasteiger partial charge in [-0.15, -0.1) is 0 Å². The van der Waals surface area contributed by atoms with E-state index in [1.54, 1.807) is 6.07 Å². The van der Waals surface area contributed by atoms with Crippen molar-refractivity contribution in [3.05, 3.63) is 65.0 Å². The third kappa shape index (κ3) is 3.32. The Bertz CT molecular complexity index is 566. The van der Waals surface area contributed by atoms with Gasteiger partial charge < -0.3 is 10.6 Å². The lowest BCUT2D eigenvalue weighted by molar-refractivity contribution is 0.620. The van der Waals surface area contributed by atoms with Crippen LogP contribution in [-0.2, 0) is 13.1 Å². The maximum atomic E-state index is 14.0. The van der Waals surface area contributed by atoms with Gasteiger partial charge >= 0.3 is 0 Å². The Balaban J connectivity index is 2.18. The average molecular weight is 258 g/mol. The van der Waals surface area contributed by atoms with Crippen LogP contribution in [0, 0.1) is 12.7 Å². The minimum Gasteiger partial charge on any atom is -0.368 e. The van der Waals surface area contributed by atoms with Crippen molar-refractivity contribution in [2.24, 2.45) is 5.73 Å². The lowest BCUT2D eigenvalue weighted by atomic mass is 10.1. The molecule has 0 bridgehead atoms. The second kappa shape index (κ2) is 5.85. The van der Waals surface area contributed by atoms with Gasteiger partial charge in [-0.1, -0.05) is 35.9 Å². The quantitative estimate of drug-likeness (QED) is 0.912. The van der Waals surface area contributed by atoms with Crippen LogP contribution in [0.15, 0.2) is 42.5 Å². The summed E-state index contributed by atoms with van der Waals surface area (Å²) in [6.07, 6.45) is 0. The molecular formula is C16H19FN2. The highest BCUT2D eigenvalue weighted by atomic mass is 19.1. The predicted octanol–water partition coefficient (Wildman–Crippen LogP) is 3.23. The van der Waals surface area contributed by atoms with Crippen LogP contribution in [0.2, 0.25) is 0 Å². The first-order valence-electron chi connectivity index (χ1n) is 6.35. The summed E-state index contributed by atoms with van der Waals surface area (Å²) in [5, 5.41) is 0. The van der Waals surface area contributed by atoms with Crippen molar-refractivity contribution in [3.63, 3.8) is 0 Å². The summed E-state index contributed by atoms with van der Waals surface area (Å²) >= 11 is 0. The molecular weight excluding hydrogens is 239 g/mol. The number of hydrogen-bond donors (Lipinski definition) is 1. The van der Waals surface area contributed by atoms with Gasteiger partial charge in [-0.3, -0.25) is 0 Å². The third-order valence-electron chi connectivity index (χ3n) is 3.16. The number of anilines is 1. The summed E-state index contributed by atoms with van der Waals surface area (Å²) in [7, 11) is 1.89. The second-order valence-corrected chi connectivity index (χ2v) is 4.84. The number of nitrogens with two attached hydrogens (primary N) is 1. The molecule has 0 aromatic heterocycles. The molecule has 100 valence electrons. The summed E-state index contributed by atoms with van der Waals surface area (Å²) in [5.41, 5.74) is 9.30. The smallest absolute Gasteiger partial charge is 0.146 e. The highest BCUT2D eigenvalue weighted by Crippen LogP contribution is 2.21. The lowest BCUT2D eigenvalue weighted by Crippen LogP contribution is -2.18. The zero-order valence-corrected chi connectivity index (χ0v) is 11.4. The molecule has 0 spiro atoms. The fourth-order valence-corrected chi connectivity index (χ4v) is 2.16. The highest BCUT2D eigenvalue weighted by Gasteiger charge is 2.08. The van der Waals surface area contributed by atoms with E-state index in [2.05, 4.69) is 25.1 Å². The van der Waals surface area contributed by atoms with E-state index in [-0.39, 0.29) is 5.82 Å². The molecule has 0 aliphatic carbocycles. The van der Waals surface area contributed by atoms with Gasteiger partial charge in [0.25, 0.3) is 0 Å². The van der Waals surface area contributed by atoms with Crippen molar-refractivity contribution >= 4 is 5.69 Å². The van der Waals surface area contributed by atoms with Crippen LogP contribution in [0.4, 0.5) is 10.1 Å². The first-order chi connectivity index (χ1) is 9.10. The van der Waals surface area contributed by atoms with Gasteiger partial charge in [0, 0.05) is 20.1 Å². The van der Waals surface area contributed by atoms with E-state index in [4.69, 9.17) is 5.73 Å². The molecule has 0 aliphatic heterocycles. The largest absolute Gasteiger partial charge is 0.368 e. The topological polar surface area (TPSA) is 29.3 Å².